The second kappa shape index (κ2) is 20.9. The molecular formula is C48H61N5O10S. The third kappa shape index (κ3) is 11.9. The fourth-order valence-corrected chi connectivity index (χ4v) is 9.16. The normalized spacial score (nSPS) is 20.0. The van der Waals surface area contributed by atoms with E-state index in [1.165, 1.54) is 24.2 Å². The number of nitrogens with zero attached hydrogens (tertiary/aromatic N) is 2. The standard InChI is InChI=1S/C48H61N5O10S/c1-7-33-30-48(33,45(56)52-64(58,59)42-22-17-16-21-37(42)49-26-18-11-9-8-10-15-23-43(54)61-6)51-44(55)40-28-35(31-53(40)46(57)63-47(2,3)4)62-41-29-38(32-19-13-12-14-20-32)50-39-27-34(60-5)24-25-36(39)41/h7,12-14,16-17,19-22,24-25,27,29,33,35,40,43,49,54H,1,8-11,15,18,23,26,28,30-31H2,2-6H3,(H,51,55)(H,52,56)/t33-,35-,40+,43?,48-/m1/s1. The van der Waals surface area contributed by atoms with Gasteiger partial charge in [-0.2, -0.15) is 0 Å². The van der Waals surface area contributed by atoms with Crippen LogP contribution in [0, 0.1) is 5.92 Å². The first-order chi connectivity index (χ1) is 30.6. The SMILES string of the molecule is C=C[C@@H]1C[C@]1(NC(=O)[C@@H]1C[C@@H](Oc2cc(-c3ccccc3)nc3cc(OC)ccc23)CN1C(=O)OC(C)(C)C)C(=O)NS(=O)(=O)c1ccccc1NCCCCCCCCC(O)OC. The van der Waals surface area contributed by atoms with Gasteiger partial charge >= 0.3 is 6.09 Å². The summed E-state index contributed by atoms with van der Waals surface area (Å²) in [4.78, 5) is 48.3. The van der Waals surface area contributed by atoms with Gasteiger partial charge in [-0.3, -0.25) is 14.5 Å². The lowest BCUT2D eigenvalue weighted by atomic mass is 10.1. The van der Waals surface area contributed by atoms with Crippen molar-refractivity contribution in [1.82, 2.24) is 19.9 Å². The van der Waals surface area contributed by atoms with Crippen LogP contribution in [0.2, 0.25) is 0 Å². The van der Waals surface area contributed by atoms with Crippen LogP contribution >= 0.6 is 0 Å². The molecule has 16 heteroatoms. The number of carbonyl (C=O) groups excluding carboxylic acids is 3. The Morgan fingerprint density at radius 2 is 1.67 bits per heavy atom. The Balaban J connectivity index is 1.16. The van der Waals surface area contributed by atoms with Crippen LogP contribution in [0.15, 0.2) is 96.4 Å². The number of carbonyl (C=O) groups is 3. The minimum atomic E-state index is -4.42. The maximum absolute atomic E-state index is 14.4. The second-order valence-corrected chi connectivity index (χ2v) is 19.0. The maximum atomic E-state index is 14.4. The molecule has 344 valence electrons. The van der Waals surface area contributed by atoms with E-state index < -0.39 is 63.4 Å². The molecule has 2 fully saturated rings. The summed E-state index contributed by atoms with van der Waals surface area (Å²) in [5.41, 5.74) is -0.0542. The largest absolute Gasteiger partial charge is 0.497 e. The number of aromatic nitrogens is 1. The van der Waals surface area contributed by atoms with Crippen LogP contribution in [0.5, 0.6) is 11.5 Å². The molecule has 4 aromatic rings. The third-order valence-electron chi connectivity index (χ3n) is 11.5. The van der Waals surface area contributed by atoms with Gasteiger partial charge in [0.25, 0.3) is 15.9 Å². The number of pyridine rings is 1. The fourth-order valence-electron chi connectivity index (χ4n) is 7.94. The van der Waals surface area contributed by atoms with Crippen LogP contribution in [-0.2, 0) is 29.1 Å². The van der Waals surface area contributed by atoms with Crippen molar-refractivity contribution in [3.05, 3.63) is 91.5 Å². The molecule has 2 heterocycles. The average Bonchev–Trinajstić information content (AvgIpc) is 3.83. The van der Waals surface area contributed by atoms with Gasteiger partial charge in [-0.1, -0.05) is 74.2 Å². The summed E-state index contributed by atoms with van der Waals surface area (Å²) in [6.07, 6.45) is 5.69. The van der Waals surface area contributed by atoms with Crippen molar-refractivity contribution in [3.63, 3.8) is 0 Å². The monoisotopic (exact) mass is 899 g/mol. The Bertz CT molecular complexity index is 2390. The molecule has 1 saturated carbocycles. The molecule has 4 N–H and O–H groups in total. The minimum absolute atomic E-state index is 0.0181. The summed E-state index contributed by atoms with van der Waals surface area (Å²) in [5, 5.41) is 16.3. The number of aliphatic hydroxyl groups is 1. The molecular weight excluding hydrogens is 839 g/mol. The van der Waals surface area contributed by atoms with Crippen LogP contribution in [-0.4, -0.2) is 98.2 Å². The zero-order valence-electron chi connectivity index (χ0n) is 37.3. The summed E-state index contributed by atoms with van der Waals surface area (Å²) < 4.78 is 52.7. The molecule has 1 aromatic heterocycles. The first kappa shape index (κ1) is 47.8. The van der Waals surface area contributed by atoms with E-state index in [-0.39, 0.29) is 24.3 Å². The quantitative estimate of drug-likeness (QED) is 0.0370. The van der Waals surface area contributed by atoms with Crippen molar-refractivity contribution >= 4 is 44.5 Å². The smallest absolute Gasteiger partial charge is 0.411 e. The number of sulfonamides is 1. The topological polar surface area (TPSA) is 195 Å². The maximum Gasteiger partial charge on any atom is 0.411 e. The summed E-state index contributed by atoms with van der Waals surface area (Å²) in [5.74, 6) is -1.07. The Morgan fingerprint density at radius 1 is 0.969 bits per heavy atom. The number of para-hydroxylation sites is 1. The van der Waals surface area contributed by atoms with Crippen LogP contribution < -0.4 is 24.8 Å². The number of methoxy groups -OCH3 is 2. The lowest BCUT2D eigenvalue weighted by molar-refractivity contribution is -0.131. The average molecular weight is 900 g/mol. The van der Waals surface area contributed by atoms with Gasteiger partial charge < -0.3 is 34.7 Å². The Labute approximate surface area is 376 Å². The van der Waals surface area contributed by atoms with E-state index >= 15 is 0 Å². The number of ether oxygens (including phenoxy) is 4. The number of nitrogens with one attached hydrogen (secondary N) is 3. The second-order valence-electron chi connectivity index (χ2n) is 17.3. The number of hydrogen-bond acceptors (Lipinski definition) is 12. The van der Waals surface area contributed by atoms with E-state index in [1.807, 2.05) is 48.5 Å². The van der Waals surface area contributed by atoms with Gasteiger partial charge in [0.1, 0.15) is 39.7 Å². The van der Waals surface area contributed by atoms with E-state index in [4.69, 9.17) is 23.9 Å². The molecule has 5 atom stereocenters. The molecule has 1 saturated heterocycles. The minimum Gasteiger partial charge on any atom is -0.497 e. The van der Waals surface area contributed by atoms with Gasteiger partial charge in [0.05, 0.1) is 30.6 Å². The highest BCUT2D eigenvalue weighted by molar-refractivity contribution is 7.90. The molecule has 1 aliphatic heterocycles. The number of fused-ring (bicyclic) bond motifs is 1. The molecule has 2 aliphatic rings. The van der Waals surface area contributed by atoms with E-state index in [1.54, 1.807) is 52.1 Å². The van der Waals surface area contributed by atoms with Crippen molar-refractivity contribution < 1.29 is 46.9 Å². The predicted molar refractivity (Wildman–Crippen MR) is 244 cm³/mol. The number of unbranched alkanes of at least 4 members (excludes halogenated alkanes) is 5. The highest BCUT2D eigenvalue weighted by atomic mass is 32.2. The van der Waals surface area contributed by atoms with E-state index in [0.29, 0.717) is 46.7 Å². The van der Waals surface area contributed by atoms with E-state index in [2.05, 4.69) is 21.9 Å². The number of aliphatic hydroxyl groups excluding tert-OH is 1. The number of likely N-dealkylation sites (tertiary alicyclic amines) is 1. The number of hydrogen-bond donors (Lipinski definition) is 4. The van der Waals surface area contributed by atoms with Crippen molar-refractivity contribution in [1.29, 1.82) is 0 Å². The van der Waals surface area contributed by atoms with Gasteiger partial charge in [-0.25, -0.2) is 22.9 Å². The predicted octanol–water partition coefficient (Wildman–Crippen LogP) is 7.34. The van der Waals surface area contributed by atoms with Crippen LogP contribution in [0.4, 0.5) is 10.5 Å². The zero-order valence-corrected chi connectivity index (χ0v) is 38.1. The van der Waals surface area contributed by atoms with Crippen LogP contribution in [0.1, 0.15) is 78.6 Å². The molecule has 0 bridgehead atoms. The fraction of sp³-hybridized carbons (Fsp3) is 0.458. The van der Waals surface area contributed by atoms with E-state index in [9.17, 15) is 27.9 Å². The lowest BCUT2D eigenvalue weighted by Gasteiger charge is -2.29. The Kier molecular flexibility index (Phi) is 15.6. The van der Waals surface area contributed by atoms with Gasteiger partial charge in [0, 0.05) is 49.1 Å². The first-order valence-electron chi connectivity index (χ1n) is 21.8. The lowest BCUT2D eigenvalue weighted by Crippen LogP contribution is -2.56. The molecule has 1 aliphatic carbocycles. The zero-order chi connectivity index (χ0) is 46.1. The number of benzene rings is 3. The molecule has 1 unspecified atom stereocenters. The van der Waals surface area contributed by atoms with Crippen LogP contribution in [0.3, 0.4) is 0 Å². The van der Waals surface area contributed by atoms with E-state index in [0.717, 1.165) is 44.1 Å². The number of anilines is 1. The summed E-state index contributed by atoms with van der Waals surface area (Å²) >= 11 is 0. The Hall–Kier alpha value is -5.71. The first-order valence-corrected chi connectivity index (χ1v) is 23.3. The van der Waals surface area contributed by atoms with Gasteiger partial charge in [-0.05, 0) is 70.7 Å². The van der Waals surface area contributed by atoms with Crippen LogP contribution in [0.25, 0.3) is 22.2 Å². The van der Waals surface area contributed by atoms with Gasteiger partial charge in [0.15, 0.2) is 6.29 Å². The van der Waals surface area contributed by atoms with Crippen molar-refractivity contribution in [2.24, 2.45) is 5.92 Å². The highest BCUT2D eigenvalue weighted by Crippen LogP contribution is 2.45. The van der Waals surface area contributed by atoms with Gasteiger partial charge in [-0.15, -0.1) is 6.58 Å². The Morgan fingerprint density at radius 3 is 2.36 bits per heavy atom. The molecule has 3 amide bonds. The molecule has 0 radical (unpaired) electrons. The molecule has 6 rings (SSSR count). The van der Waals surface area contributed by atoms with Crippen molar-refractivity contribution in [2.75, 3.05) is 32.6 Å². The number of rotatable bonds is 21. The highest BCUT2D eigenvalue weighted by Gasteiger charge is 2.61. The molecule has 15 nitrogen and oxygen atoms in total. The number of amides is 3. The van der Waals surface area contributed by atoms with Crippen molar-refractivity contribution in [3.8, 4) is 22.8 Å². The van der Waals surface area contributed by atoms with Crippen molar-refractivity contribution in [2.45, 2.75) is 113 Å². The summed E-state index contributed by atoms with van der Waals surface area (Å²) in [6, 6.07) is 22.1. The summed E-state index contributed by atoms with van der Waals surface area (Å²) in [6.45, 7) is 9.50. The third-order valence-corrected chi connectivity index (χ3v) is 12.8. The summed E-state index contributed by atoms with van der Waals surface area (Å²) in [7, 11) is -1.36. The molecule has 3 aromatic carbocycles. The van der Waals surface area contributed by atoms with Gasteiger partial charge in [0.2, 0.25) is 5.91 Å². The molecule has 0 spiro atoms. The molecule has 64 heavy (non-hydrogen) atoms.